The second-order valence-corrected chi connectivity index (χ2v) is 3.54. The number of hydrogen-bond donors (Lipinski definition) is 0. The van der Waals surface area contributed by atoms with Gasteiger partial charge >= 0.3 is 0 Å². The Labute approximate surface area is 53.4 Å². The number of carbonyl (C=O) groups excluding carboxylic acids is 1. The van der Waals surface area contributed by atoms with Gasteiger partial charge in [0.15, 0.2) is 5.78 Å². The Hall–Kier alpha value is -0.0200. The summed E-state index contributed by atoms with van der Waals surface area (Å²) in [5, 5.41) is 0.194. The van der Waals surface area contributed by atoms with Crippen LogP contribution in [-0.4, -0.2) is 28.9 Å². The molecule has 1 atom stereocenters. The minimum atomic E-state index is 0.194. The molecule has 0 spiro atoms. The maximum Gasteiger partial charge on any atom is 0.161 e. The predicted molar refractivity (Wildman–Crippen MR) is 34.7 cm³/mol. The van der Waals surface area contributed by atoms with Gasteiger partial charge in [0, 0.05) is 0 Å². The van der Waals surface area contributed by atoms with Crippen molar-refractivity contribution < 1.29 is 4.79 Å². The van der Waals surface area contributed by atoms with E-state index in [2.05, 4.69) is 0 Å². The van der Waals surface area contributed by atoms with E-state index >= 15 is 0 Å². The van der Waals surface area contributed by atoms with Crippen LogP contribution in [0, 0.1) is 0 Å². The molecule has 0 aromatic heterocycles. The monoisotopic (exact) mass is 131 g/mol. The normalized spacial score (nSPS) is 31.8. The van der Waals surface area contributed by atoms with Gasteiger partial charge in [-0.2, -0.15) is 0 Å². The van der Waals surface area contributed by atoms with Gasteiger partial charge in [-0.15, -0.1) is 0 Å². The molecular weight excluding hydrogens is 122 g/mol. The molecule has 0 radical (unpaired) electrons. The molecule has 3 heteroatoms. The van der Waals surface area contributed by atoms with Gasteiger partial charge in [-0.25, -0.2) is 4.31 Å². The number of rotatable bonds is 0. The van der Waals surface area contributed by atoms with Crippen LogP contribution < -0.4 is 0 Å². The van der Waals surface area contributed by atoms with Crippen LogP contribution in [0.15, 0.2) is 0 Å². The Kier molecular flexibility index (Phi) is 1.58. The number of nitrogens with zero attached hydrogens (tertiary/aromatic N) is 1. The molecule has 0 bridgehead atoms. The fourth-order valence-corrected chi connectivity index (χ4v) is 1.65. The molecule has 1 aliphatic heterocycles. The molecule has 0 aromatic rings. The van der Waals surface area contributed by atoms with Gasteiger partial charge < -0.3 is 0 Å². The zero-order chi connectivity index (χ0) is 6.15. The van der Waals surface area contributed by atoms with Gasteiger partial charge in [-0.1, -0.05) is 11.9 Å². The van der Waals surface area contributed by atoms with Crippen molar-refractivity contribution in [3.8, 4) is 0 Å². The number of Topliss-reactive ketones (excluding diaryl/α,β-unsaturated/α-hetero) is 1. The summed E-state index contributed by atoms with van der Waals surface area (Å²) in [7, 11) is 1.94. The van der Waals surface area contributed by atoms with E-state index in [4.69, 9.17) is 0 Å². The van der Waals surface area contributed by atoms with Crippen LogP contribution in [0.3, 0.4) is 0 Å². The summed E-state index contributed by atoms with van der Waals surface area (Å²) in [6.07, 6.45) is 0. The molecule has 1 aliphatic rings. The SMILES string of the molecule is CC1SN(C)CC1=O. The molecule has 0 N–H and O–H groups in total. The highest BCUT2D eigenvalue weighted by Gasteiger charge is 2.24. The first-order chi connectivity index (χ1) is 3.70. The highest BCUT2D eigenvalue weighted by Crippen LogP contribution is 2.22. The van der Waals surface area contributed by atoms with Crippen LogP contribution >= 0.6 is 11.9 Å². The van der Waals surface area contributed by atoms with Crippen molar-refractivity contribution in [2.45, 2.75) is 12.2 Å². The third kappa shape index (κ3) is 1.03. The lowest BCUT2D eigenvalue weighted by Gasteiger charge is -2.00. The van der Waals surface area contributed by atoms with Gasteiger partial charge in [0.05, 0.1) is 11.8 Å². The van der Waals surface area contributed by atoms with E-state index in [-0.39, 0.29) is 5.25 Å². The second-order valence-electron chi connectivity index (χ2n) is 2.00. The fourth-order valence-electron chi connectivity index (χ4n) is 0.714. The third-order valence-electron chi connectivity index (χ3n) is 1.17. The smallest absolute Gasteiger partial charge is 0.161 e. The Balaban J connectivity index is 2.51. The lowest BCUT2D eigenvalue weighted by Crippen LogP contribution is -2.11. The molecular formula is C5H9NOS. The van der Waals surface area contributed by atoms with Gasteiger partial charge in [0.2, 0.25) is 0 Å². The highest BCUT2D eigenvalue weighted by atomic mass is 32.2. The first-order valence-electron chi connectivity index (χ1n) is 2.61. The molecule has 2 nitrogen and oxygen atoms in total. The van der Waals surface area contributed by atoms with E-state index in [0.717, 1.165) is 0 Å². The largest absolute Gasteiger partial charge is 0.297 e. The molecule has 1 heterocycles. The van der Waals surface area contributed by atoms with E-state index in [0.29, 0.717) is 12.3 Å². The number of likely N-dealkylation sites (N-methyl/N-ethyl adjacent to an activating group) is 1. The zero-order valence-corrected chi connectivity index (χ0v) is 5.86. The molecule has 0 saturated carbocycles. The van der Waals surface area contributed by atoms with Crippen molar-refractivity contribution in [2.24, 2.45) is 0 Å². The zero-order valence-electron chi connectivity index (χ0n) is 5.05. The van der Waals surface area contributed by atoms with Gasteiger partial charge in [0.25, 0.3) is 0 Å². The first-order valence-corrected chi connectivity index (χ1v) is 3.44. The molecule has 1 rings (SSSR count). The standard InChI is InChI=1S/C5H9NOS/c1-4-5(7)3-6(2)8-4/h4H,3H2,1-2H3. The van der Waals surface area contributed by atoms with Gasteiger partial charge in [-0.05, 0) is 14.0 Å². The summed E-state index contributed by atoms with van der Waals surface area (Å²) in [6.45, 7) is 2.56. The molecule has 1 fully saturated rings. The number of carbonyl (C=O) groups is 1. The van der Waals surface area contributed by atoms with Crippen molar-refractivity contribution in [2.75, 3.05) is 13.6 Å². The maximum atomic E-state index is 10.7. The van der Waals surface area contributed by atoms with Crippen LogP contribution in [0.25, 0.3) is 0 Å². The molecule has 1 unspecified atom stereocenters. The van der Waals surface area contributed by atoms with Crippen molar-refractivity contribution in [1.29, 1.82) is 0 Å². The van der Waals surface area contributed by atoms with Crippen LogP contribution in [0.1, 0.15) is 6.92 Å². The Morgan fingerprint density at radius 1 is 1.88 bits per heavy atom. The molecule has 0 amide bonds. The quantitative estimate of drug-likeness (QED) is 0.447. The van der Waals surface area contributed by atoms with Crippen LogP contribution in [-0.2, 0) is 4.79 Å². The maximum absolute atomic E-state index is 10.7. The highest BCUT2D eigenvalue weighted by molar-refractivity contribution is 7.98. The Morgan fingerprint density at radius 3 is 2.62 bits per heavy atom. The molecule has 0 aromatic carbocycles. The van der Waals surface area contributed by atoms with Crippen molar-refractivity contribution in [3.63, 3.8) is 0 Å². The molecule has 0 aliphatic carbocycles. The van der Waals surface area contributed by atoms with E-state index in [1.165, 1.54) is 0 Å². The minimum Gasteiger partial charge on any atom is -0.297 e. The van der Waals surface area contributed by atoms with Crippen LogP contribution in [0.5, 0.6) is 0 Å². The Bertz CT molecular complexity index is 115. The van der Waals surface area contributed by atoms with Gasteiger partial charge in [0.1, 0.15) is 0 Å². The predicted octanol–water partition coefficient (Wildman–Crippen LogP) is 0.538. The van der Waals surface area contributed by atoms with Crippen molar-refractivity contribution >= 4 is 17.7 Å². The number of ketones is 1. The van der Waals surface area contributed by atoms with Gasteiger partial charge in [-0.3, -0.25) is 4.79 Å². The molecule has 1 saturated heterocycles. The summed E-state index contributed by atoms with van der Waals surface area (Å²) >= 11 is 1.61. The van der Waals surface area contributed by atoms with Crippen molar-refractivity contribution in [3.05, 3.63) is 0 Å². The summed E-state index contributed by atoms with van der Waals surface area (Å²) in [5.41, 5.74) is 0. The van der Waals surface area contributed by atoms with Crippen LogP contribution in [0.2, 0.25) is 0 Å². The summed E-state index contributed by atoms with van der Waals surface area (Å²) < 4.78 is 1.97. The third-order valence-corrected chi connectivity index (χ3v) is 2.24. The van der Waals surface area contributed by atoms with E-state index in [1.807, 2.05) is 18.3 Å². The van der Waals surface area contributed by atoms with E-state index < -0.39 is 0 Å². The summed E-state index contributed by atoms with van der Waals surface area (Å²) in [4.78, 5) is 10.7. The Morgan fingerprint density at radius 2 is 2.50 bits per heavy atom. The van der Waals surface area contributed by atoms with Crippen LogP contribution in [0.4, 0.5) is 0 Å². The average molecular weight is 131 g/mol. The van der Waals surface area contributed by atoms with E-state index in [9.17, 15) is 4.79 Å². The fraction of sp³-hybridized carbons (Fsp3) is 0.800. The summed E-state index contributed by atoms with van der Waals surface area (Å²) in [5.74, 6) is 0.345. The lowest BCUT2D eigenvalue weighted by molar-refractivity contribution is -0.117. The topological polar surface area (TPSA) is 20.3 Å². The molecule has 46 valence electrons. The molecule has 8 heavy (non-hydrogen) atoms. The summed E-state index contributed by atoms with van der Waals surface area (Å²) in [6, 6.07) is 0. The van der Waals surface area contributed by atoms with E-state index in [1.54, 1.807) is 11.9 Å². The average Bonchev–Trinajstić information content (AvgIpc) is 1.85. The van der Waals surface area contributed by atoms with Crippen molar-refractivity contribution in [1.82, 2.24) is 4.31 Å². The second kappa shape index (κ2) is 2.07. The minimum absolute atomic E-state index is 0.194. The number of hydrogen-bond acceptors (Lipinski definition) is 3. The lowest BCUT2D eigenvalue weighted by atomic mass is 10.3. The first kappa shape index (κ1) is 6.11.